The van der Waals surface area contributed by atoms with Gasteiger partial charge in [0, 0.05) is 19.1 Å². The molecule has 1 heterocycles. The van der Waals surface area contributed by atoms with Crippen LogP contribution in [0.2, 0.25) is 0 Å². The van der Waals surface area contributed by atoms with Crippen LogP contribution < -0.4 is 0 Å². The van der Waals surface area contributed by atoms with Gasteiger partial charge in [0.15, 0.2) is 0 Å². The fourth-order valence-electron chi connectivity index (χ4n) is 2.26. The first-order valence-corrected chi connectivity index (χ1v) is 7.30. The number of aromatic nitrogens is 2. The lowest BCUT2D eigenvalue weighted by Crippen LogP contribution is -2.08. The van der Waals surface area contributed by atoms with Crippen LogP contribution in [-0.2, 0) is 19.9 Å². The minimum Gasteiger partial charge on any atom is -0.276 e. The average molecular weight is 277 g/mol. The Hall–Kier alpha value is -1.28. The number of nitrogens with zero attached hydrogens (tertiary/aromatic N) is 2. The topological polar surface area (TPSA) is 17.8 Å². The highest BCUT2D eigenvalue weighted by Gasteiger charge is 2.09. The largest absolute Gasteiger partial charge is 0.276 e. The van der Waals surface area contributed by atoms with E-state index in [1.54, 1.807) is 0 Å². The van der Waals surface area contributed by atoms with Gasteiger partial charge < -0.3 is 0 Å². The molecule has 0 fully saturated rings. The van der Waals surface area contributed by atoms with Crippen LogP contribution in [0.1, 0.15) is 23.1 Å². The van der Waals surface area contributed by atoms with E-state index in [0.29, 0.717) is 11.8 Å². The highest BCUT2D eigenvalue weighted by atomic mass is 35.5. The van der Waals surface area contributed by atoms with E-state index in [2.05, 4.69) is 42.5 Å². The summed E-state index contributed by atoms with van der Waals surface area (Å²) in [5.41, 5.74) is 3.98. The van der Waals surface area contributed by atoms with Crippen molar-refractivity contribution in [3.05, 3.63) is 53.3 Å². The highest BCUT2D eigenvalue weighted by Crippen LogP contribution is 2.17. The normalized spacial score (nSPS) is 12.6. The smallest absolute Gasteiger partial charge is 0.0521 e. The van der Waals surface area contributed by atoms with Crippen molar-refractivity contribution in [1.82, 2.24) is 9.78 Å². The van der Waals surface area contributed by atoms with Gasteiger partial charge in [0.2, 0.25) is 0 Å². The van der Waals surface area contributed by atoms with Gasteiger partial charge in [-0.15, -0.1) is 11.6 Å². The van der Waals surface area contributed by atoms with Gasteiger partial charge in [0.05, 0.1) is 6.20 Å². The molecule has 19 heavy (non-hydrogen) atoms. The Kier molecular flexibility index (Phi) is 5.03. The van der Waals surface area contributed by atoms with Crippen LogP contribution in [-0.4, -0.2) is 15.7 Å². The van der Waals surface area contributed by atoms with Crippen LogP contribution in [0.15, 0.2) is 36.7 Å². The summed E-state index contributed by atoms with van der Waals surface area (Å²) in [5.74, 6) is 1.25. The van der Waals surface area contributed by atoms with Crippen molar-refractivity contribution < 1.29 is 0 Å². The van der Waals surface area contributed by atoms with Crippen molar-refractivity contribution in [1.29, 1.82) is 0 Å². The van der Waals surface area contributed by atoms with E-state index in [1.807, 2.05) is 17.9 Å². The van der Waals surface area contributed by atoms with Gasteiger partial charge in [-0.05, 0) is 43.2 Å². The first kappa shape index (κ1) is 14.1. The van der Waals surface area contributed by atoms with E-state index in [4.69, 9.17) is 11.6 Å². The SMILES string of the molecule is Cc1ccc(CC(CCl)CCc2cnn(C)c2)cc1. The Balaban J connectivity index is 1.87. The molecule has 0 amide bonds. The quantitative estimate of drug-likeness (QED) is 0.735. The molecule has 1 unspecified atom stereocenters. The van der Waals surface area contributed by atoms with Crippen molar-refractivity contribution >= 4 is 11.6 Å². The Morgan fingerprint density at radius 2 is 1.95 bits per heavy atom. The Morgan fingerprint density at radius 3 is 2.53 bits per heavy atom. The third-order valence-electron chi connectivity index (χ3n) is 3.46. The number of alkyl halides is 1. The number of benzene rings is 1. The molecule has 0 aliphatic carbocycles. The zero-order chi connectivity index (χ0) is 13.7. The average Bonchev–Trinajstić information content (AvgIpc) is 2.82. The maximum atomic E-state index is 6.10. The summed E-state index contributed by atoms with van der Waals surface area (Å²) in [7, 11) is 1.95. The fourth-order valence-corrected chi connectivity index (χ4v) is 2.53. The molecule has 2 aromatic rings. The summed E-state index contributed by atoms with van der Waals surface area (Å²) >= 11 is 6.10. The molecule has 0 N–H and O–H groups in total. The van der Waals surface area contributed by atoms with Crippen molar-refractivity contribution in [3.8, 4) is 0 Å². The molecule has 0 saturated heterocycles. The number of rotatable bonds is 6. The molecule has 2 rings (SSSR count). The summed E-state index contributed by atoms with van der Waals surface area (Å²) in [6, 6.07) is 8.75. The van der Waals surface area contributed by atoms with Crippen molar-refractivity contribution in [2.45, 2.75) is 26.2 Å². The third-order valence-corrected chi connectivity index (χ3v) is 3.90. The number of halogens is 1. The number of aryl methyl sites for hydroxylation is 3. The van der Waals surface area contributed by atoms with E-state index >= 15 is 0 Å². The molecule has 0 saturated carbocycles. The second-order valence-corrected chi connectivity index (χ2v) is 5.58. The van der Waals surface area contributed by atoms with Crippen LogP contribution >= 0.6 is 11.6 Å². The molecular weight excluding hydrogens is 256 g/mol. The summed E-state index contributed by atoms with van der Waals surface area (Å²) in [4.78, 5) is 0. The molecule has 1 aromatic carbocycles. The Bertz CT molecular complexity index is 502. The lowest BCUT2D eigenvalue weighted by atomic mass is 9.95. The zero-order valence-corrected chi connectivity index (χ0v) is 12.4. The van der Waals surface area contributed by atoms with Crippen molar-refractivity contribution in [2.75, 3.05) is 5.88 Å². The van der Waals surface area contributed by atoms with E-state index < -0.39 is 0 Å². The van der Waals surface area contributed by atoms with Gasteiger partial charge in [0.25, 0.3) is 0 Å². The first-order chi connectivity index (χ1) is 9.17. The standard InChI is InChI=1S/C16H21ClN2/c1-13-3-5-14(6-4-13)9-15(10-17)7-8-16-11-18-19(2)12-16/h3-6,11-12,15H,7-10H2,1-2H3. The van der Waals surface area contributed by atoms with Crippen molar-refractivity contribution in [2.24, 2.45) is 13.0 Å². The highest BCUT2D eigenvalue weighted by molar-refractivity contribution is 6.18. The molecular formula is C16H21ClN2. The predicted octanol–water partition coefficient (Wildman–Crippen LogP) is 3.76. The van der Waals surface area contributed by atoms with E-state index in [-0.39, 0.29) is 0 Å². The van der Waals surface area contributed by atoms with Crippen LogP contribution in [0.25, 0.3) is 0 Å². The number of hydrogen-bond donors (Lipinski definition) is 0. The van der Waals surface area contributed by atoms with Crippen LogP contribution in [0.5, 0.6) is 0 Å². The van der Waals surface area contributed by atoms with Crippen LogP contribution in [0.3, 0.4) is 0 Å². The lowest BCUT2D eigenvalue weighted by molar-refractivity contribution is 0.536. The molecule has 0 aliphatic heterocycles. The summed E-state index contributed by atoms with van der Waals surface area (Å²) in [6.07, 6.45) is 7.25. The maximum absolute atomic E-state index is 6.10. The monoisotopic (exact) mass is 276 g/mol. The Morgan fingerprint density at radius 1 is 1.21 bits per heavy atom. The lowest BCUT2D eigenvalue weighted by Gasteiger charge is -2.13. The van der Waals surface area contributed by atoms with Gasteiger partial charge in [-0.25, -0.2) is 0 Å². The summed E-state index contributed by atoms with van der Waals surface area (Å²) < 4.78 is 1.85. The molecule has 0 radical (unpaired) electrons. The van der Waals surface area contributed by atoms with Gasteiger partial charge in [-0.1, -0.05) is 29.8 Å². The zero-order valence-electron chi connectivity index (χ0n) is 11.6. The van der Waals surface area contributed by atoms with Gasteiger partial charge >= 0.3 is 0 Å². The van der Waals surface area contributed by atoms with E-state index in [0.717, 1.165) is 19.3 Å². The fraction of sp³-hybridized carbons (Fsp3) is 0.438. The van der Waals surface area contributed by atoms with E-state index in [1.165, 1.54) is 16.7 Å². The second-order valence-electron chi connectivity index (χ2n) is 5.27. The predicted molar refractivity (Wildman–Crippen MR) is 80.6 cm³/mol. The molecule has 2 nitrogen and oxygen atoms in total. The van der Waals surface area contributed by atoms with E-state index in [9.17, 15) is 0 Å². The molecule has 102 valence electrons. The first-order valence-electron chi connectivity index (χ1n) is 6.76. The van der Waals surface area contributed by atoms with Gasteiger partial charge in [0.1, 0.15) is 0 Å². The van der Waals surface area contributed by atoms with Gasteiger partial charge in [-0.3, -0.25) is 4.68 Å². The molecule has 3 heteroatoms. The van der Waals surface area contributed by atoms with Crippen LogP contribution in [0.4, 0.5) is 0 Å². The molecule has 0 spiro atoms. The second kappa shape index (κ2) is 6.76. The van der Waals surface area contributed by atoms with Crippen molar-refractivity contribution in [3.63, 3.8) is 0 Å². The summed E-state index contributed by atoms with van der Waals surface area (Å²) in [5, 5.41) is 4.20. The molecule has 1 atom stereocenters. The Labute approximate surface area is 120 Å². The van der Waals surface area contributed by atoms with Gasteiger partial charge in [-0.2, -0.15) is 5.10 Å². The van der Waals surface area contributed by atoms with Crippen LogP contribution in [0, 0.1) is 12.8 Å². The summed E-state index contributed by atoms with van der Waals surface area (Å²) in [6.45, 7) is 2.12. The minimum atomic E-state index is 0.532. The number of hydrogen-bond acceptors (Lipinski definition) is 1. The third kappa shape index (κ3) is 4.39. The molecule has 0 bridgehead atoms. The molecule has 1 aromatic heterocycles. The molecule has 0 aliphatic rings. The maximum Gasteiger partial charge on any atom is 0.0521 e. The minimum absolute atomic E-state index is 0.532.